The molecule has 0 bridgehead atoms. The molecule has 1 unspecified atom stereocenters. The highest BCUT2D eigenvalue weighted by Gasteiger charge is 2.14. The molecule has 2 rings (SSSR count). The van der Waals surface area contributed by atoms with Gasteiger partial charge >= 0.3 is 0 Å². The minimum Gasteiger partial charge on any atom is -0.480 e. The van der Waals surface area contributed by atoms with Crippen molar-refractivity contribution in [3.05, 3.63) is 40.2 Å². The Morgan fingerprint density at radius 1 is 1.31 bits per heavy atom. The molecule has 0 radical (unpaired) electrons. The average Bonchev–Trinajstić information content (AvgIpc) is 2.85. The van der Waals surface area contributed by atoms with Crippen molar-refractivity contribution in [3.63, 3.8) is 0 Å². The molecule has 4 nitrogen and oxygen atoms in total. The standard InChI is InChI=1S/C11H13N3OS/c1-12-11(9-4-3-7-16-9)8-5-6-10(15-2)14-13-8/h3-7,11-12H,1-2H3. The summed E-state index contributed by atoms with van der Waals surface area (Å²) in [5.74, 6) is 0.532. The summed E-state index contributed by atoms with van der Waals surface area (Å²) in [7, 11) is 3.49. The highest BCUT2D eigenvalue weighted by Crippen LogP contribution is 2.24. The van der Waals surface area contributed by atoms with Gasteiger partial charge in [0.15, 0.2) is 0 Å². The summed E-state index contributed by atoms with van der Waals surface area (Å²) in [4.78, 5) is 1.22. The molecular weight excluding hydrogens is 222 g/mol. The minimum atomic E-state index is 0.0957. The van der Waals surface area contributed by atoms with Crippen LogP contribution in [0.1, 0.15) is 16.6 Å². The van der Waals surface area contributed by atoms with Gasteiger partial charge in [-0.15, -0.1) is 21.5 Å². The number of hydrogen-bond acceptors (Lipinski definition) is 5. The van der Waals surface area contributed by atoms with Crippen LogP contribution in [0.25, 0.3) is 0 Å². The third-order valence-corrected chi connectivity index (χ3v) is 3.22. The van der Waals surface area contributed by atoms with Gasteiger partial charge in [-0.2, -0.15) is 0 Å². The van der Waals surface area contributed by atoms with Crippen molar-refractivity contribution in [3.8, 4) is 5.88 Å². The van der Waals surface area contributed by atoms with Gasteiger partial charge in [0, 0.05) is 10.9 Å². The molecule has 2 aromatic rings. The average molecular weight is 235 g/mol. The summed E-state index contributed by atoms with van der Waals surface area (Å²) in [6.45, 7) is 0. The summed E-state index contributed by atoms with van der Waals surface area (Å²) in [5.41, 5.74) is 0.894. The van der Waals surface area contributed by atoms with Crippen LogP contribution in [-0.2, 0) is 0 Å². The molecule has 2 aromatic heterocycles. The molecule has 5 heteroatoms. The Balaban J connectivity index is 2.27. The number of rotatable bonds is 4. The molecule has 16 heavy (non-hydrogen) atoms. The van der Waals surface area contributed by atoms with Gasteiger partial charge in [-0.1, -0.05) is 6.07 Å². The van der Waals surface area contributed by atoms with Crippen LogP contribution in [0.3, 0.4) is 0 Å². The molecule has 2 heterocycles. The largest absolute Gasteiger partial charge is 0.480 e. The molecule has 0 saturated carbocycles. The number of hydrogen-bond donors (Lipinski definition) is 1. The monoisotopic (exact) mass is 235 g/mol. The Kier molecular flexibility index (Phi) is 3.48. The predicted molar refractivity (Wildman–Crippen MR) is 63.8 cm³/mol. The normalized spacial score (nSPS) is 12.4. The van der Waals surface area contributed by atoms with E-state index >= 15 is 0 Å². The van der Waals surface area contributed by atoms with Crippen molar-refractivity contribution in [2.45, 2.75) is 6.04 Å². The van der Waals surface area contributed by atoms with E-state index in [4.69, 9.17) is 4.74 Å². The van der Waals surface area contributed by atoms with Crippen LogP contribution in [0.15, 0.2) is 29.6 Å². The van der Waals surface area contributed by atoms with Gasteiger partial charge in [-0.3, -0.25) is 0 Å². The SMILES string of the molecule is CNC(c1ccc(OC)nn1)c1cccs1. The summed E-state index contributed by atoms with van der Waals surface area (Å²) in [5, 5.41) is 13.4. The number of nitrogens with zero attached hydrogens (tertiary/aromatic N) is 2. The van der Waals surface area contributed by atoms with Crippen molar-refractivity contribution >= 4 is 11.3 Å². The second-order valence-electron chi connectivity index (χ2n) is 3.24. The first kappa shape index (κ1) is 11.0. The number of nitrogens with one attached hydrogen (secondary N) is 1. The van der Waals surface area contributed by atoms with Crippen LogP contribution in [0.5, 0.6) is 5.88 Å². The number of aromatic nitrogens is 2. The molecule has 1 atom stereocenters. The van der Waals surface area contributed by atoms with E-state index < -0.39 is 0 Å². The molecule has 0 aromatic carbocycles. The van der Waals surface area contributed by atoms with E-state index in [0.717, 1.165) is 5.69 Å². The van der Waals surface area contributed by atoms with Crippen LogP contribution in [0.4, 0.5) is 0 Å². The first-order valence-corrected chi connectivity index (χ1v) is 5.81. The van der Waals surface area contributed by atoms with E-state index in [9.17, 15) is 0 Å². The van der Waals surface area contributed by atoms with Crippen molar-refractivity contribution in [2.24, 2.45) is 0 Å². The molecule has 84 valence electrons. The molecule has 0 amide bonds. The summed E-state index contributed by atoms with van der Waals surface area (Å²) in [6, 6.07) is 7.95. The maximum absolute atomic E-state index is 4.98. The molecule has 0 saturated heterocycles. The van der Waals surface area contributed by atoms with Crippen molar-refractivity contribution < 1.29 is 4.74 Å². The molecule has 0 aliphatic rings. The van der Waals surface area contributed by atoms with Gasteiger partial charge in [0.05, 0.1) is 18.8 Å². The van der Waals surface area contributed by atoms with Crippen LogP contribution in [0, 0.1) is 0 Å². The Morgan fingerprint density at radius 2 is 2.19 bits per heavy atom. The first-order chi connectivity index (χ1) is 7.85. The van der Waals surface area contributed by atoms with E-state index in [0.29, 0.717) is 5.88 Å². The Morgan fingerprint density at radius 3 is 2.69 bits per heavy atom. The number of thiophene rings is 1. The third-order valence-electron chi connectivity index (χ3n) is 2.28. The maximum atomic E-state index is 4.98. The number of ether oxygens (including phenoxy) is 1. The Hall–Kier alpha value is -1.46. The fourth-order valence-corrected chi connectivity index (χ4v) is 2.33. The molecule has 0 aliphatic carbocycles. The van der Waals surface area contributed by atoms with Gasteiger partial charge in [0.1, 0.15) is 0 Å². The Bertz CT molecular complexity index is 427. The minimum absolute atomic E-state index is 0.0957. The Labute approximate surface area is 98.3 Å². The van der Waals surface area contributed by atoms with Gasteiger partial charge in [0.2, 0.25) is 5.88 Å². The van der Waals surface area contributed by atoms with Gasteiger partial charge in [-0.05, 0) is 24.6 Å². The topological polar surface area (TPSA) is 47.0 Å². The van der Waals surface area contributed by atoms with Crippen LogP contribution < -0.4 is 10.1 Å². The molecule has 1 N–H and O–H groups in total. The smallest absolute Gasteiger partial charge is 0.233 e. The van der Waals surface area contributed by atoms with E-state index in [1.54, 1.807) is 18.4 Å². The van der Waals surface area contributed by atoms with E-state index in [2.05, 4.69) is 27.0 Å². The van der Waals surface area contributed by atoms with Crippen molar-refractivity contribution in [2.75, 3.05) is 14.2 Å². The summed E-state index contributed by atoms with van der Waals surface area (Å²) in [6.07, 6.45) is 0. The second-order valence-corrected chi connectivity index (χ2v) is 4.22. The van der Waals surface area contributed by atoms with Gasteiger partial charge in [-0.25, -0.2) is 0 Å². The van der Waals surface area contributed by atoms with Crippen molar-refractivity contribution in [1.29, 1.82) is 0 Å². The van der Waals surface area contributed by atoms with Gasteiger partial charge in [0.25, 0.3) is 0 Å². The number of methoxy groups -OCH3 is 1. The lowest BCUT2D eigenvalue weighted by molar-refractivity contribution is 0.390. The third kappa shape index (κ3) is 2.20. The lowest BCUT2D eigenvalue weighted by atomic mass is 10.1. The van der Waals surface area contributed by atoms with E-state index in [1.165, 1.54) is 4.88 Å². The lowest BCUT2D eigenvalue weighted by Crippen LogP contribution is -2.18. The van der Waals surface area contributed by atoms with Crippen LogP contribution in [-0.4, -0.2) is 24.4 Å². The zero-order valence-corrected chi connectivity index (χ0v) is 9.99. The zero-order valence-electron chi connectivity index (χ0n) is 9.18. The zero-order chi connectivity index (χ0) is 11.4. The van der Waals surface area contributed by atoms with Gasteiger partial charge < -0.3 is 10.1 Å². The quantitative estimate of drug-likeness (QED) is 0.878. The predicted octanol–water partition coefficient (Wildman–Crippen LogP) is 1.86. The van der Waals surface area contributed by atoms with E-state index in [1.807, 2.05) is 25.2 Å². The lowest BCUT2D eigenvalue weighted by Gasteiger charge is -2.13. The first-order valence-electron chi connectivity index (χ1n) is 4.93. The maximum Gasteiger partial charge on any atom is 0.233 e. The van der Waals surface area contributed by atoms with Crippen molar-refractivity contribution in [1.82, 2.24) is 15.5 Å². The molecule has 0 aliphatic heterocycles. The van der Waals surface area contributed by atoms with Crippen LogP contribution >= 0.6 is 11.3 Å². The fourth-order valence-electron chi connectivity index (χ4n) is 1.48. The molecule has 0 spiro atoms. The van der Waals surface area contributed by atoms with E-state index in [-0.39, 0.29) is 6.04 Å². The highest BCUT2D eigenvalue weighted by molar-refractivity contribution is 7.10. The molecule has 0 fully saturated rings. The summed E-state index contributed by atoms with van der Waals surface area (Å²) < 4.78 is 4.98. The van der Waals surface area contributed by atoms with Crippen LogP contribution in [0.2, 0.25) is 0 Å². The highest BCUT2D eigenvalue weighted by atomic mass is 32.1. The molecular formula is C11H13N3OS. The second kappa shape index (κ2) is 5.05. The summed E-state index contributed by atoms with van der Waals surface area (Å²) >= 11 is 1.70. The fraction of sp³-hybridized carbons (Fsp3) is 0.273.